The van der Waals surface area contributed by atoms with E-state index in [0.717, 1.165) is 39.2 Å². The lowest BCUT2D eigenvalue weighted by Crippen LogP contribution is -2.48. The normalized spacial score (nSPS) is 30.8. The Balaban J connectivity index is 1.19. The van der Waals surface area contributed by atoms with Gasteiger partial charge < -0.3 is 10.3 Å². The lowest BCUT2D eigenvalue weighted by atomic mass is 9.50. The van der Waals surface area contributed by atoms with E-state index < -0.39 is 0 Å². The number of carbonyl (C=O) groups is 1. The fraction of sp³-hybridized carbons (Fsp3) is 0.500. The summed E-state index contributed by atoms with van der Waals surface area (Å²) in [7, 11) is 0. The van der Waals surface area contributed by atoms with Crippen molar-refractivity contribution in [1.29, 1.82) is 0 Å². The van der Waals surface area contributed by atoms with Gasteiger partial charge in [0.25, 0.3) is 0 Å². The number of benzene rings is 1. The molecule has 6 heteroatoms. The maximum atomic E-state index is 12.6. The van der Waals surface area contributed by atoms with E-state index in [1.807, 2.05) is 30.5 Å². The first-order chi connectivity index (χ1) is 13.7. The number of hydrogen-bond donors (Lipinski definition) is 2. The predicted molar refractivity (Wildman–Crippen MR) is 110 cm³/mol. The fourth-order valence-electron chi connectivity index (χ4n) is 6.47. The molecule has 0 radical (unpaired) electrons. The molecule has 0 atom stereocenters. The molecule has 4 fully saturated rings. The van der Waals surface area contributed by atoms with Crippen molar-refractivity contribution in [2.24, 2.45) is 17.8 Å². The molecule has 3 aromatic rings. The SMILES string of the molecule is O=C(Cc1c[nH]c2ccccc12)Nc1nnc(C23CC4CC(CC(C4)C2)C3)s1. The van der Waals surface area contributed by atoms with E-state index in [1.54, 1.807) is 11.3 Å². The van der Waals surface area contributed by atoms with Gasteiger partial charge in [0.15, 0.2) is 0 Å². The van der Waals surface area contributed by atoms with Gasteiger partial charge in [0, 0.05) is 22.5 Å². The van der Waals surface area contributed by atoms with Crippen LogP contribution in [0.4, 0.5) is 5.13 Å². The van der Waals surface area contributed by atoms with Crippen molar-refractivity contribution in [1.82, 2.24) is 15.2 Å². The van der Waals surface area contributed by atoms with Crippen molar-refractivity contribution in [2.45, 2.75) is 50.4 Å². The van der Waals surface area contributed by atoms with Crippen molar-refractivity contribution >= 4 is 33.3 Å². The number of aromatic amines is 1. The van der Waals surface area contributed by atoms with Gasteiger partial charge in [0.2, 0.25) is 11.0 Å². The first-order valence-electron chi connectivity index (χ1n) is 10.4. The minimum atomic E-state index is -0.0297. The predicted octanol–water partition coefficient (Wildman–Crippen LogP) is 4.67. The molecule has 2 heterocycles. The van der Waals surface area contributed by atoms with E-state index >= 15 is 0 Å². The molecule has 0 aliphatic heterocycles. The average molecular weight is 393 g/mol. The second-order valence-corrected chi connectivity index (χ2v) is 10.2. The number of amides is 1. The van der Waals surface area contributed by atoms with Crippen LogP contribution in [-0.4, -0.2) is 21.1 Å². The van der Waals surface area contributed by atoms with Crippen LogP contribution in [0.25, 0.3) is 10.9 Å². The van der Waals surface area contributed by atoms with Crippen molar-refractivity contribution in [3.05, 3.63) is 41.0 Å². The summed E-state index contributed by atoms with van der Waals surface area (Å²) in [6.45, 7) is 0. The van der Waals surface area contributed by atoms with Gasteiger partial charge in [0.05, 0.1) is 6.42 Å². The molecule has 2 N–H and O–H groups in total. The zero-order valence-electron chi connectivity index (χ0n) is 15.8. The minimum Gasteiger partial charge on any atom is -0.361 e. The van der Waals surface area contributed by atoms with E-state index in [2.05, 4.69) is 20.5 Å². The van der Waals surface area contributed by atoms with Crippen LogP contribution >= 0.6 is 11.3 Å². The molecule has 144 valence electrons. The quantitative estimate of drug-likeness (QED) is 0.678. The van der Waals surface area contributed by atoms with E-state index in [9.17, 15) is 4.79 Å². The first kappa shape index (κ1) is 16.7. The monoisotopic (exact) mass is 392 g/mol. The van der Waals surface area contributed by atoms with Crippen LogP contribution in [0, 0.1) is 17.8 Å². The Bertz CT molecular complexity index is 1020. The highest BCUT2D eigenvalue weighted by atomic mass is 32.1. The summed E-state index contributed by atoms with van der Waals surface area (Å²) < 4.78 is 0. The number of hydrogen-bond acceptors (Lipinski definition) is 4. The van der Waals surface area contributed by atoms with E-state index in [4.69, 9.17) is 0 Å². The number of aromatic nitrogens is 3. The molecule has 7 rings (SSSR count). The van der Waals surface area contributed by atoms with Crippen molar-refractivity contribution in [2.75, 3.05) is 5.32 Å². The maximum Gasteiger partial charge on any atom is 0.230 e. The van der Waals surface area contributed by atoms with Crippen LogP contribution in [0.15, 0.2) is 30.5 Å². The van der Waals surface area contributed by atoms with Gasteiger partial charge in [-0.05, 0) is 67.9 Å². The van der Waals surface area contributed by atoms with Gasteiger partial charge in [-0.1, -0.05) is 29.5 Å². The minimum absolute atomic E-state index is 0.0297. The highest BCUT2D eigenvalue weighted by Crippen LogP contribution is 2.61. The van der Waals surface area contributed by atoms with Gasteiger partial charge in [-0.2, -0.15) is 0 Å². The standard InChI is InChI=1S/C22H24N4OS/c27-19(8-16-12-23-18-4-2-1-3-17(16)18)24-21-26-25-20(28-21)22-9-13-5-14(10-22)7-15(6-13)11-22/h1-4,12-15,23H,5-11H2,(H,24,26,27). The number of fused-ring (bicyclic) bond motifs is 1. The Labute approximate surface area is 168 Å². The third kappa shape index (κ3) is 2.69. The van der Waals surface area contributed by atoms with E-state index in [-0.39, 0.29) is 11.3 Å². The van der Waals surface area contributed by atoms with Gasteiger partial charge in [-0.15, -0.1) is 10.2 Å². The number of carbonyl (C=O) groups excluding carboxylic acids is 1. The second-order valence-electron chi connectivity index (χ2n) is 9.19. The molecule has 4 aliphatic carbocycles. The van der Waals surface area contributed by atoms with Gasteiger partial charge in [-0.25, -0.2) is 0 Å². The molecule has 0 saturated heterocycles. The molecule has 5 nitrogen and oxygen atoms in total. The number of anilines is 1. The summed E-state index contributed by atoms with van der Waals surface area (Å²) >= 11 is 1.60. The molecule has 0 spiro atoms. The number of nitrogens with one attached hydrogen (secondary N) is 2. The Morgan fingerprint density at radius 2 is 1.82 bits per heavy atom. The van der Waals surface area contributed by atoms with E-state index in [0.29, 0.717) is 11.6 Å². The van der Waals surface area contributed by atoms with Crippen molar-refractivity contribution in [3.8, 4) is 0 Å². The number of para-hydroxylation sites is 1. The smallest absolute Gasteiger partial charge is 0.230 e. The zero-order valence-corrected chi connectivity index (χ0v) is 16.6. The molecule has 2 aromatic heterocycles. The molecule has 1 aromatic carbocycles. The Hall–Kier alpha value is -2.21. The molecule has 1 amide bonds. The third-order valence-electron chi connectivity index (χ3n) is 7.19. The maximum absolute atomic E-state index is 12.6. The van der Waals surface area contributed by atoms with Crippen LogP contribution in [-0.2, 0) is 16.6 Å². The second kappa shape index (κ2) is 6.14. The van der Waals surface area contributed by atoms with Crippen molar-refractivity contribution < 1.29 is 4.79 Å². The van der Waals surface area contributed by atoms with Crippen LogP contribution in [0.2, 0.25) is 0 Å². The Morgan fingerprint density at radius 3 is 2.57 bits per heavy atom. The Morgan fingerprint density at radius 1 is 1.11 bits per heavy atom. The van der Waals surface area contributed by atoms with Crippen molar-refractivity contribution in [3.63, 3.8) is 0 Å². The summed E-state index contributed by atoms with van der Waals surface area (Å²) in [4.78, 5) is 15.8. The highest BCUT2D eigenvalue weighted by Gasteiger charge is 2.53. The molecule has 0 unspecified atom stereocenters. The van der Waals surface area contributed by atoms with Gasteiger partial charge >= 0.3 is 0 Å². The summed E-state index contributed by atoms with van der Waals surface area (Å²) in [6, 6.07) is 8.07. The topological polar surface area (TPSA) is 70.7 Å². The fourth-order valence-corrected chi connectivity index (χ4v) is 7.45. The van der Waals surface area contributed by atoms with Gasteiger partial charge in [0.1, 0.15) is 5.01 Å². The van der Waals surface area contributed by atoms with E-state index in [1.165, 1.54) is 38.5 Å². The summed E-state index contributed by atoms with van der Waals surface area (Å²) in [6.07, 6.45) is 10.4. The molecular weight excluding hydrogens is 368 g/mol. The van der Waals surface area contributed by atoms with Crippen LogP contribution in [0.1, 0.15) is 49.1 Å². The molecule has 4 bridgehead atoms. The molecule has 4 saturated carbocycles. The molecular formula is C22H24N4OS. The van der Waals surface area contributed by atoms with Crippen LogP contribution in [0.3, 0.4) is 0 Å². The first-order valence-corrected chi connectivity index (χ1v) is 11.2. The largest absolute Gasteiger partial charge is 0.361 e. The molecule has 28 heavy (non-hydrogen) atoms. The number of nitrogens with zero attached hydrogens (tertiary/aromatic N) is 2. The highest BCUT2D eigenvalue weighted by molar-refractivity contribution is 7.15. The average Bonchev–Trinajstić information content (AvgIpc) is 3.29. The number of H-pyrrole nitrogens is 1. The third-order valence-corrected chi connectivity index (χ3v) is 8.27. The zero-order chi connectivity index (χ0) is 18.7. The lowest BCUT2D eigenvalue weighted by Gasteiger charge is -2.55. The molecule has 4 aliphatic rings. The summed E-state index contributed by atoms with van der Waals surface area (Å²) in [5.41, 5.74) is 2.32. The Kier molecular flexibility index (Phi) is 3.67. The summed E-state index contributed by atoms with van der Waals surface area (Å²) in [5.74, 6) is 2.62. The van der Waals surface area contributed by atoms with Crippen LogP contribution < -0.4 is 5.32 Å². The van der Waals surface area contributed by atoms with Crippen LogP contribution in [0.5, 0.6) is 0 Å². The number of rotatable bonds is 4. The lowest BCUT2D eigenvalue weighted by molar-refractivity contribution is -0.115. The van der Waals surface area contributed by atoms with Gasteiger partial charge in [-0.3, -0.25) is 4.79 Å². The summed E-state index contributed by atoms with van der Waals surface area (Å²) in [5, 5.41) is 14.8.